The Morgan fingerprint density at radius 3 is 2.55 bits per heavy atom. The van der Waals surface area contributed by atoms with Crippen molar-refractivity contribution in [3.63, 3.8) is 0 Å². The van der Waals surface area contributed by atoms with Crippen LogP contribution in [0.2, 0.25) is 0 Å². The van der Waals surface area contributed by atoms with Gasteiger partial charge in [-0.2, -0.15) is 0 Å². The molecule has 0 atom stereocenters. The summed E-state index contributed by atoms with van der Waals surface area (Å²) in [6.45, 7) is 9.82. The number of hydrogen-bond acceptors (Lipinski definition) is 6. The number of aliphatic hydroxyl groups excluding tert-OH is 2. The minimum atomic E-state index is -0.336. The molecule has 4 N–H and O–H groups in total. The topological polar surface area (TPSA) is 119 Å². The minimum absolute atomic E-state index is 0.0195. The molecule has 31 heavy (non-hydrogen) atoms. The highest BCUT2D eigenvalue weighted by molar-refractivity contribution is 6.07. The second-order valence-corrected chi connectivity index (χ2v) is 7.20. The molecular formula is C23H25N5O3. The third kappa shape index (κ3) is 4.63. The van der Waals surface area contributed by atoms with Gasteiger partial charge in [-0.1, -0.05) is 29.8 Å². The third-order valence-electron chi connectivity index (χ3n) is 5.03. The fourth-order valence-corrected chi connectivity index (χ4v) is 3.50. The molecule has 8 heteroatoms. The van der Waals surface area contributed by atoms with E-state index in [9.17, 15) is 9.90 Å². The summed E-state index contributed by atoms with van der Waals surface area (Å²) >= 11 is 0. The maximum absolute atomic E-state index is 12.5. The predicted octanol–water partition coefficient (Wildman–Crippen LogP) is 2.97. The zero-order chi connectivity index (χ0) is 22.4. The molecule has 0 radical (unpaired) electrons. The Morgan fingerprint density at radius 1 is 1.19 bits per heavy atom. The molecule has 1 aromatic carbocycles. The lowest BCUT2D eigenvalue weighted by molar-refractivity contribution is -0.115. The maximum atomic E-state index is 12.5. The number of Topliss-reactive ketones (excluding diaryl/α,β-unsaturated/α-hetero) is 1. The summed E-state index contributed by atoms with van der Waals surface area (Å²) in [6.07, 6.45) is 3.78. The van der Waals surface area contributed by atoms with Crippen molar-refractivity contribution >= 4 is 28.7 Å². The fourth-order valence-electron chi connectivity index (χ4n) is 3.50. The number of rotatable bonds is 9. The Labute approximate surface area is 180 Å². The molecule has 0 spiro atoms. The molecule has 2 heterocycles. The van der Waals surface area contributed by atoms with Crippen LogP contribution in [0.4, 0.5) is 5.82 Å². The van der Waals surface area contributed by atoms with E-state index < -0.39 is 0 Å². The van der Waals surface area contributed by atoms with Crippen LogP contribution in [0, 0.1) is 13.5 Å². The van der Waals surface area contributed by atoms with E-state index in [0.717, 1.165) is 16.7 Å². The molecule has 160 valence electrons. The Morgan fingerprint density at radius 2 is 1.90 bits per heavy atom. The highest BCUT2D eigenvalue weighted by Crippen LogP contribution is 2.38. The number of nitrogens with two attached hydrogens (primary N) is 1. The third-order valence-corrected chi connectivity index (χ3v) is 5.03. The molecule has 0 aliphatic heterocycles. The lowest BCUT2D eigenvalue weighted by atomic mass is 10.0. The minimum Gasteiger partial charge on any atom is -0.396 e. The first-order chi connectivity index (χ1) is 15.0. The Kier molecular flexibility index (Phi) is 7.13. The molecule has 3 aromatic rings. The van der Waals surface area contributed by atoms with Crippen molar-refractivity contribution in [2.75, 3.05) is 18.9 Å². The molecule has 0 aliphatic rings. The van der Waals surface area contributed by atoms with Crippen molar-refractivity contribution in [1.29, 1.82) is 0 Å². The normalized spacial score (nSPS) is 11.6. The van der Waals surface area contributed by atoms with Gasteiger partial charge in [-0.15, -0.1) is 0 Å². The zero-order valence-corrected chi connectivity index (χ0v) is 17.4. The summed E-state index contributed by atoms with van der Waals surface area (Å²) < 4.78 is 1.86. The second-order valence-electron chi connectivity index (χ2n) is 7.20. The first-order valence-corrected chi connectivity index (χ1v) is 10.1. The molecule has 0 saturated heterocycles. The number of ketones is 1. The second kappa shape index (κ2) is 9.98. The number of nitrogen functional groups attached to an aromatic ring is 1. The van der Waals surface area contributed by atoms with E-state index in [2.05, 4.69) is 14.8 Å². The van der Waals surface area contributed by atoms with E-state index in [1.54, 1.807) is 6.08 Å². The average Bonchev–Trinajstić information content (AvgIpc) is 3.09. The molecule has 0 unspecified atom stereocenters. The number of carbonyl (C=O) groups excluding carboxylic acids is 1. The highest BCUT2D eigenvalue weighted by Gasteiger charge is 2.22. The molecule has 0 saturated carbocycles. The van der Waals surface area contributed by atoms with E-state index in [4.69, 9.17) is 17.4 Å². The summed E-state index contributed by atoms with van der Waals surface area (Å²) in [5.74, 6) is -0.0362. The fraction of sp³-hybridized carbons (Fsp3) is 0.304. The number of allylic oxidation sites excluding steroid dienone is 1. The van der Waals surface area contributed by atoms with E-state index in [1.165, 1.54) is 6.33 Å². The van der Waals surface area contributed by atoms with Crippen LogP contribution >= 0.6 is 0 Å². The van der Waals surface area contributed by atoms with E-state index in [-0.39, 0.29) is 31.1 Å². The van der Waals surface area contributed by atoms with Crippen LogP contribution < -0.4 is 5.73 Å². The molecule has 0 fully saturated rings. The smallest absolute Gasteiger partial charge is 0.231 e. The molecule has 0 bridgehead atoms. The van der Waals surface area contributed by atoms with E-state index in [0.29, 0.717) is 41.9 Å². The Bertz CT molecular complexity index is 1160. The number of fused-ring (bicyclic) bond motifs is 1. The van der Waals surface area contributed by atoms with Gasteiger partial charge in [0.1, 0.15) is 17.8 Å². The van der Waals surface area contributed by atoms with Gasteiger partial charge in [0.05, 0.1) is 12.0 Å². The number of hydrogen-bond donors (Lipinski definition) is 3. The van der Waals surface area contributed by atoms with Crippen LogP contribution in [0.15, 0.2) is 36.3 Å². The number of carbonyl (C=O) groups is 1. The van der Waals surface area contributed by atoms with Crippen LogP contribution in [0.3, 0.4) is 0 Å². The summed E-state index contributed by atoms with van der Waals surface area (Å²) in [4.78, 5) is 24.6. The number of aliphatic hydroxyl groups is 2. The number of nitrogens with zero attached hydrogens (tertiary/aromatic N) is 4. The van der Waals surface area contributed by atoms with Crippen LogP contribution in [0.25, 0.3) is 33.1 Å². The lowest BCUT2D eigenvalue weighted by Gasteiger charge is -2.09. The van der Waals surface area contributed by atoms with Crippen molar-refractivity contribution in [2.45, 2.75) is 32.7 Å². The first kappa shape index (κ1) is 22.2. The van der Waals surface area contributed by atoms with Crippen molar-refractivity contribution < 1.29 is 15.0 Å². The molecule has 0 aliphatic carbocycles. The summed E-state index contributed by atoms with van der Waals surface area (Å²) in [5.41, 5.74) is 10.1. The predicted molar refractivity (Wildman–Crippen MR) is 120 cm³/mol. The van der Waals surface area contributed by atoms with Gasteiger partial charge in [0.2, 0.25) is 5.70 Å². The molecule has 8 nitrogen and oxygen atoms in total. The van der Waals surface area contributed by atoms with Gasteiger partial charge in [-0.3, -0.25) is 0 Å². The summed E-state index contributed by atoms with van der Waals surface area (Å²) in [7, 11) is 0. The number of anilines is 1. The van der Waals surface area contributed by atoms with Crippen LogP contribution in [-0.2, 0) is 11.3 Å². The first-order valence-electron chi connectivity index (χ1n) is 10.1. The van der Waals surface area contributed by atoms with Gasteiger partial charge in [-0.25, -0.2) is 14.8 Å². The largest absolute Gasteiger partial charge is 0.396 e. The SMILES string of the molecule is [C-]#[N+]/C(=C\c1c(-c2ccc(C)cc2)c2c(N)ncnc2n1CCCO)C(=O)CCCO. The Hall–Kier alpha value is -3.54. The maximum Gasteiger partial charge on any atom is 0.231 e. The van der Waals surface area contributed by atoms with Crippen molar-refractivity contribution in [2.24, 2.45) is 0 Å². The van der Waals surface area contributed by atoms with Crippen LogP contribution in [-0.4, -0.2) is 43.7 Å². The van der Waals surface area contributed by atoms with Crippen LogP contribution in [0.5, 0.6) is 0 Å². The van der Waals surface area contributed by atoms with Gasteiger partial charge < -0.3 is 25.3 Å². The molecule has 0 amide bonds. The van der Waals surface area contributed by atoms with Gasteiger partial charge in [0.15, 0.2) is 5.78 Å². The van der Waals surface area contributed by atoms with Gasteiger partial charge in [0.25, 0.3) is 0 Å². The molecule has 3 rings (SSSR count). The average molecular weight is 419 g/mol. The van der Waals surface area contributed by atoms with Crippen molar-refractivity contribution in [3.05, 3.63) is 59.0 Å². The quantitative estimate of drug-likeness (QED) is 0.362. The summed E-state index contributed by atoms with van der Waals surface area (Å²) in [5, 5.41) is 19.1. The summed E-state index contributed by atoms with van der Waals surface area (Å²) in [6, 6.07) is 7.86. The van der Waals surface area contributed by atoms with Crippen molar-refractivity contribution in [1.82, 2.24) is 14.5 Å². The zero-order valence-electron chi connectivity index (χ0n) is 17.4. The molecular weight excluding hydrogens is 394 g/mol. The monoisotopic (exact) mass is 419 g/mol. The van der Waals surface area contributed by atoms with Gasteiger partial charge in [-0.05, 0) is 31.4 Å². The number of benzene rings is 1. The molecule has 2 aromatic heterocycles. The van der Waals surface area contributed by atoms with E-state index >= 15 is 0 Å². The van der Waals surface area contributed by atoms with Crippen molar-refractivity contribution in [3.8, 4) is 11.1 Å². The highest BCUT2D eigenvalue weighted by atomic mass is 16.3. The number of aryl methyl sites for hydroxylation is 2. The standard InChI is InChI=1S/C23H25N5O3/c1-15-6-8-16(9-7-15)20-18(13-17(25-2)19(31)5-3-11-29)28(10-4-12-30)23-21(20)22(24)26-14-27-23/h6-9,13-14,29-30H,3-5,10-12H2,1H3,(H2,24,26,27)/b17-13-. The van der Waals surface area contributed by atoms with Crippen LogP contribution in [0.1, 0.15) is 30.5 Å². The van der Waals surface area contributed by atoms with Gasteiger partial charge >= 0.3 is 0 Å². The van der Waals surface area contributed by atoms with E-state index in [1.807, 2.05) is 35.8 Å². The lowest BCUT2D eigenvalue weighted by Crippen LogP contribution is -2.06. The van der Waals surface area contributed by atoms with Gasteiger partial charge in [0, 0.05) is 37.4 Å². The Balaban J connectivity index is 2.33. The number of aromatic nitrogens is 3.